The third-order valence-corrected chi connectivity index (χ3v) is 4.96. The summed E-state index contributed by atoms with van der Waals surface area (Å²) in [6.45, 7) is 2.30. The summed E-state index contributed by atoms with van der Waals surface area (Å²) in [5.41, 5.74) is 5.17. The molecule has 0 N–H and O–H groups in total. The Bertz CT molecular complexity index is 686. The molecule has 0 amide bonds. The van der Waals surface area contributed by atoms with Crippen LogP contribution in [0.15, 0.2) is 18.2 Å². The number of hydrogen-bond donors (Lipinski definition) is 0. The van der Waals surface area contributed by atoms with Crippen molar-refractivity contribution in [2.45, 2.75) is 38.2 Å². The van der Waals surface area contributed by atoms with Crippen LogP contribution >= 0.6 is 9.24 Å². The average molecular weight is 317 g/mol. The number of rotatable bonds is 4. The molecule has 0 bridgehead atoms. The predicted molar refractivity (Wildman–Crippen MR) is 94.1 cm³/mol. The first kappa shape index (κ1) is 15.7. The molecule has 1 aliphatic carbocycles. The topological polar surface area (TPSA) is 31.4 Å². The van der Waals surface area contributed by atoms with Gasteiger partial charge < -0.3 is 9.47 Å². The van der Waals surface area contributed by atoms with E-state index in [9.17, 15) is 0 Å². The van der Waals surface area contributed by atoms with Crippen LogP contribution in [-0.4, -0.2) is 31.5 Å². The minimum absolute atomic E-state index is 0.295. The number of fused-ring (bicyclic) bond motifs is 3. The summed E-state index contributed by atoms with van der Waals surface area (Å²) in [7, 11) is 6.34. The number of benzene rings is 1. The van der Waals surface area contributed by atoms with Crippen molar-refractivity contribution in [1.29, 1.82) is 0 Å². The lowest BCUT2D eigenvalue weighted by Gasteiger charge is -2.31. The maximum atomic E-state index is 5.67. The van der Waals surface area contributed by atoms with Crippen LogP contribution in [0.4, 0.5) is 0 Å². The smallest absolute Gasteiger partial charge is 0.119 e. The molecule has 22 heavy (non-hydrogen) atoms. The maximum absolute atomic E-state index is 5.67. The molecule has 0 saturated heterocycles. The highest BCUT2D eigenvalue weighted by atomic mass is 31.0. The van der Waals surface area contributed by atoms with Crippen LogP contribution in [-0.2, 0) is 17.6 Å². The van der Waals surface area contributed by atoms with Gasteiger partial charge in [0, 0.05) is 18.2 Å². The first-order chi connectivity index (χ1) is 10.7. The Morgan fingerprint density at radius 1 is 1.32 bits per heavy atom. The van der Waals surface area contributed by atoms with Gasteiger partial charge in [0.05, 0.1) is 18.7 Å². The van der Waals surface area contributed by atoms with Crippen LogP contribution in [0, 0.1) is 0 Å². The molecule has 3 rings (SSSR count). The van der Waals surface area contributed by atoms with Gasteiger partial charge in [-0.05, 0) is 60.7 Å². The van der Waals surface area contributed by atoms with E-state index in [2.05, 4.69) is 28.3 Å². The Kier molecular flexibility index (Phi) is 4.65. The fourth-order valence-corrected chi connectivity index (χ4v) is 3.91. The first-order valence-electron chi connectivity index (χ1n) is 7.90. The Labute approximate surface area is 134 Å². The number of methoxy groups -OCH3 is 2. The number of ether oxygens (including phenoxy) is 2. The van der Waals surface area contributed by atoms with E-state index in [-0.39, 0.29) is 0 Å². The molecule has 3 nitrogen and oxygen atoms in total. The zero-order valence-electron chi connectivity index (χ0n) is 13.6. The molecule has 1 aromatic carbocycles. The molecule has 1 aliphatic rings. The molecular weight excluding hydrogens is 293 g/mol. The summed E-state index contributed by atoms with van der Waals surface area (Å²) in [5.74, 6) is 1.38. The third kappa shape index (κ3) is 2.73. The van der Waals surface area contributed by atoms with Gasteiger partial charge in [-0.15, -0.1) is 9.24 Å². The maximum Gasteiger partial charge on any atom is 0.119 e. The van der Waals surface area contributed by atoms with Crippen molar-refractivity contribution >= 4 is 20.1 Å². The Morgan fingerprint density at radius 2 is 2.14 bits per heavy atom. The van der Waals surface area contributed by atoms with E-state index in [4.69, 9.17) is 14.5 Å². The normalized spacial score (nSPS) is 20.9. The Hall–Kier alpha value is -1.18. The van der Waals surface area contributed by atoms with Gasteiger partial charge in [0.15, 0.2) is 0 Å². The fraction of sp³-hybridized carbons (Fsp3) is 0.500. The number of aryl methyl sites for hydroxylation is 1. The lowest BCUT2D eigenvalue weighted by molar-refractivity contribution is 0.0848. The van der Waals surface area contributed by atoms with Crippen LogP contribution in [0.5, 0.6) is 5.75 Å². The van der Waals surface area contributed by atoms with Crippen LogP contribution in [0.25, 0.3) is 10.9 Å². The summed E-state index contributed by atoms with van der Waals surface area (Å²) in [5, 5.41) is 1.22. The molecule has 4 heteroatoms. The molecule has 1 heterocycles. The van der Waals surface area contributed by atoms with Gasteiger partial charge in [0.25, 0.3) is 0 Å². The molecule has 0 saturated carbocycles. The van der Waals surface area contributed by atoms with Crippen molar-refractivity contribution < 1.29 is 9.47 Å². The largest absolute Gasteiger partial charge is 0.497 e. The Morgan fingerprint density at radius 3 is 2.82 bits per heavy atom. The number of aromatic nitrogens is 1. The predicted octanol–water partition coefficient (Wildman–Crippen LogP) is 3.73. The lowest BCUT2D eigenvalue weighted by atomic mass is 9.79. The fourth-order valence-electron chi connectivity index (χ4n) is 3.64. The van der Waals surface area contributed by atoms with E-state index >= 15 is 0 Å². The van der Waals surface area contributed by atoms with E-state index in [1.54, 1.807) is 7.11 Å². The minimum Gasteiger partial charge on any atom is -0.497 e. The zero-order chi connectivity index (χ0) is 15.7. The second kappa shape index (κ2) is 6.52. The van der Waals surface area contributed by atoms with Crippen molar-refractivity contribution in [2.24, 2.45) is 0 Å². The van der Waals surface area contributed by atoms with Gasteiger partial charge in [-0.2, -0.15) is 0 Å². The second-order valence-electron chi connectivity index (χ2n) is 6.07. The van der Waals surface area contributed by atoms with E-state index in [1.807, 2.05) is 13.2 Å². The number of hydrogen-bond acceptors (Lipinski definition) is 3. The summed E-state index contributed by atoms with van der Waals surface area (Å²) in [6.07, 6.45) is 4.39. The van der Waals surface area contributed by atoms with E-state index in [0.29, 0.717) is 12.0 Å². The molecule has 0 radical (unpaired) electrons. The highest BCUT2D eigenvalue weighted by Gasteiger charge is 2.28. The highest BCUT2D eigenvalue weighted by Crippen LogP contribution is 2.39. The quantitative estimate of drug-likeness (QED) is 0.805. The summed E-state index contributed by atoms with van der Waals surface area (Å²) in [6, 6.07) is 6.19. The van der Waals surface area contributed by atoms with Gasteiger partial charge in [-0.25, -0.2) is 0 Å². The van der Waals surface area contributed by atoms with Gasteiger partial charge in [-0.3, -0.25) is 4.98 Å². The van der Waals surface area contributed by atoms with Gasteiger partial charge in [0.2, 0.25) is 0 Å². The van der Waals surface area contributed by atoms with Crippen LogP contribution in [0.2, 0.25) is 0 Å². The van der Waals surface area contributed by atoms with Crippen LogP contribution in [0.3, 0.4) is 0 Å². The van der Waals surface area contributed by atoms with Crippen molar-refractivity contribution in [2.75, 3.05) is 20.4 Å². The number of nitrogens with zero attached hydrogens (tertiary/aromatic N) is 1. The molecule has 0 aliphatic heterocycles. The monoisotopic (exact) mass is 317 g/mol. The second-order valence-corrected chi connectivity index (χ2v) is 6.65. The van der Waals surface area contributed by atoms with Crippen LogP contribution < -0.4 is 4.74 Å². The zero-order valence-corrected chi connectivity index (χ0v) is 14.7. The average Bonchev–Trinajstić information content (AvgIpc) is 2.54. The van der Waals surface area contributed by atoms with E-state index in [1.165, 1.54) is 22.2 Å². The standard InChI is InChI=1S/C18H24NO2P/c1-11-8-13(21-3)10-15-14-9-12(20-2)4-5-16(14)19-17(6-7-22)18(11)15/h4-5,9,11,13H,6-8,10,22H2,1-3H3. The van der Waals surface area contributed by atoms with Gasteiger partial charge in [-0.1, -0.05) is 6.92 Å². The Balaban J connectivity index is 2.25. The first-order valence-corrected chi connectivity index (χ1v) is 8.71. The molecule has 0 fully saturated rings. The summed E-state index contributed by atoms with van der Waals surface area (Å²) in [4.78, 5) is 4.95. The minimum atomic E-state index is 0.295. The molecule has 1 aromatic heterocycles. The lowest BCUT2D eigenvalue weighted by Crippen LogP contribution is -2.25. The van der Waals surface area contributed by atoms with Gasteiger partial charge in [0.1, 0.15) is 5.75 Å². The van der Waals surface area contributed by atoms with Crippen molar-refractivity contribution in [3.05, 3.63) is 35.0 Å². The van der Waals surface area contributed by atoms with Crippen molar-refractivity contribution in [3.8, 4) is 5.75 Å². The van der Waals surface area contributed by atoms with Crippen molar-refractivity contribution in [3.63, 3.8) is 0 Å². The third-order valence-electron chi connectivity index (χ3n) is 4.68. The van der Waals surface area contributed by atoms with E-state index in [0.717, 1.165) is 36.7 Å². The molecular formula is C18H24NO2P. The highest BCUT2D eigenvalue weighted by molar-refractivity contribution is 7.16. The SMILES string of the molecule is COc1ccc2nc(CCP)c3c(c2c1)CC(OC)CC3C. The number of pyridine rings is 1. The molecule has 118 valence electrons. The summed E-state index contributed by atoms with van der Waals surface area (Å²) >= 11 is 0. The molecule has 0 spiro atoms. The molecule has 2 aromatic rings. The van der Waals surface area contributed by atoms with Crippen molar-refractivity contribution in [1.82, 2.24) is 4.98 Å². The molecule has 3 unspecified atom stereocenters. The summed E-state index contributed by atoms with van der Waals surface area (Å²) < 4.78 is 11.1. The molecule has 3 atom stereocenters. The van der Waals surface area contributed by atoms with E-state index < -0.39 is 0 Å². The van der Waals surface area contributed by atoms with Gasteiger partial charge >= 0.3 is 0 Å². The van der Waals surface area contributed by atoms with Crippen LogP contribution in [0.1, 0.15) is 36.1 Å².